The van der Waals surface area contributed by atoms with E-state index in [-0.39, 0.29) is 4.90 Å². The van der Waals surface area contributed by atoms with E-state index in [1.807, 2.05) is 13.8 Å². The largest absolute Gasteiger partial charge is 0.310 e. The zero-order valence-electron chi connectivity index (χ0n) is 11.0. The van der Waals surface area contributed by atoms with Crippen LogP contribution in [0.15, 0.2) is 27.1 Å². The fraction of sp³-hybridized carbons (Fsp3) is 0.364. The first-order valence-corrected chi connectivity index (χ1v) is 9.01. The minimum atomic E-state index is -3.61. The molecule has 2 heterocycles. The first-order valence-electron chi connectivity index (χ1n) is 5.91. The lowest BCUT2D eigenvalue weighted by Crippen LogP contribution is -2.21. The number of hydrogen-bond acceptors (Lipinski definition) is 5. The molecular formula is C11H15BrN4O2S2. The zero-order chi connectivity index (χ0) is 14.8. The van der Waals surface area contributed by atoms with Crippen molar-refractivity contribution in [3.05, 3.63) is 27.1 Å². The van der Waals surface area contributed by atoms with Gasteiger partial charge in [0.1, 0.15) is 4.90 Å². The highest BCUT2D eigenvalue weighted by atomic mass is 79.9. The maximum atomic E-state index is 12.3. The Morgan fingerprint density at radius 2 is 2.25 bits per heavy atom. The van der Waals surface area contributed by atoms with Crippen LogP contribution in [0, 0.1) is 0 Å². The summed E-state index contributed by atoms with van der Waals surface area (Å²) < 4.78 is 27.6. The quantitative estimate of drug-likeness (QED) is 0.720. The molecule has 0 fully saturated rings. The van der Waals surface area contributed by atoms with Gasteiger partial charge in [0.25, 0.3) is 10.0 Å². The third-order valence-corrected chi connectivity index (χ3v) is 6.06. The van der Waals surface area contributed by atoms with Crippen molar-refractivity contribution in [2.45, 2.75) is 31.3 Å². The van der Waals surface area contributed by atoms with Gasteiger partial charge in [-0.25, -0.2) is 8.42 Å². The lowest BCUT2D eigenvalue weighted by molar-refractivity contribution is 0.592. The second kappa shape index (κ2) is 6.25. The number of H-pyrrole nitrogens is 1. The van der Waals surface area contributed by atoms with Gasteiger partial charge in [0.2, 0.25) is 0 Å². The highest BCUT2D eigenvalue weighted by Gasteiger charge is 2.21. The summed E-state index contributed by atoms with van der Waals surface area (Å²) in [4.78, 5) is 1.20. The Labute approximate surface area is 130 Å². The van der Waals surface area contributed by atoms with Gasteiger partial charge in [0.05, 0.1) is 15.7 Å². The van der Waals surface area contributed by atoms with Crippen LogP contribution in [0.3, 0.4) is 0 Å². The topological polar surface area (TPSA) is 86.9 Å². The molecule has 0 aliphatic heterocycles. The average molecular weight is 379 g/mol. The molecule has 2 aromatic rings. The summed E-state index contributed by atoms with van der Waals surface area (Å²) >= 11 is 4.72. The second-order valence-corrected chi connectivity index (χ2v) is 8.58. The zero-order valence-corrected chi connectivity index (χ0v) is 14.2. The van der Waals surface area contributed by atoms with Crippen molar-refractivity contribution in [3.8, 4) is 0 Å². The SMILES string of the molecule is CC(C)NCc1cc(S(=O)(=O)Nc2cn[nH]c2)c(Br)s1. The minimum absolute atomic E-state index is 0.240. The van der Waals surface area contributed by atoms with E-state index in [0.717, 1.165) is 4.88 Å². The molecule has 2 rings (SSSR count). The van der Waals surface area contributed by atoms with Crippen LogP contribution in [0.5, 0.6) is 0 Å². The van der Waals surface area contributed by atoms with Crippen molar-refractivity contribution >= 4 is 43.0 Å². The molecule has 9 heteroatoms. The molecular weight excluding hydrogens is 364 g/mol. The Balaban J connectivity index is 2.19. The first-order chi connectivity index (χ1) is 9.38. The number of halogens is 1. The van der Waals surface area contributed by atoms with Crippen molar-refractivity contribution in [2.24, 2.45) is 0 Å². The van der Waals surface area contributed by atoms with Crippen molar-refractivity contribution < 1.29 is 8.42 Å². The van der Waals surface area contributed by atoms with Crippen molar-refractivity contribution in [1.29, 1.82) is 0 Å². The minimum Gasteiger partial charge on any atom is -0.310 e. The molecule has 3 N–H and O–H groups in total. The number of aromatic nitrogens is 2. The Kier molecular flexibility index (Phi) is 4.84. The number of nitrogens with zero attached hydrogens (tertiary/aromatic N) is 1. The monoisotopic (exact) mass is 378 g/mol. The highest BCUT2D eigenvalue weighted by molar-refractivity contribution is 9.11. The Morgan fingerprint density at radius 1 is 1.50 bits per heavy atom. The predicted octanol–water partition coefficient (Wildman–Crippen LogP) is 2.53. The molecule has 6 nitrogen and oxygen atoms in total. The Hall–Kier alpha value is -0.900. The molecule has 0 amide bonds. The number of aromatic amines is 1. The third-order valence-electron chi connectivity index (χ3n) is 2.43. The molecule has 0 saturated carbocycles. The molecule has 0 atom stereocenters. The molecule has 110 valence electrons. The van der Waals surface area contributed by atoms with Crippen LogP contribution in [-0.2, 0) is 16.6 Å². The van der Waals surface area contributed by atoms with Gasteiger partial charge in [-0.05, 0) is 22.0 Å². The molecule has 0 aliphatic carbocycles. The van der Waals surface area contributed by atoms with E-state index in [0.29, 0.717) is 22.1 Å². The van der Waals surface area contributed by atoms with Crippen LogP contribution in [0.25, 0.3) is 0 Å². The summed E-state index contributed by atoms with van der Waals surface area (Å²) in [5.74, 6) is 0. The molecule has 0 aromatic carbocycles. The van der Waals surface area contributed by atoms with E-state index >= 15 is 0 Å². The fourth-order valence-corrected chi connectivity index (χ4v) is 5.16. The molecule has 2 aromatic heterocycles. The van der Waals surface area contributed by atoms with E-state index in [1.54, 1.807) is 6.07 Å². The van der Waals surface area contributed by atoms with Crippen LogP contribution in [0.1, 0.15) is 18.7 Å². The highest BCUT2D eigenvalue weighted by Crippen LogP contribution is 2.32. The van der Waals surface area contributed by atoms with Crippen LogP contribution in [0.2, 0.25) is 0 Å². The molecule has 0 unspecified atom stereocenters. The Bertz CT molecular complexity index is 665. The van der Waals surface area contributed by atoms with Crippen LogP contribution in [0.4, 0.5) is 5.69 Å². The van der Waals surface area contributed by atoms with Crippen molar-refractivity contribution in [2.75, 3.05) is 4.72 Å². The van der Waals surface area contributed by atoms with Gasteiger partial charge < -0.3 is 5.32 Å². The Morgan fingerprint density at radius 3 is 2.85 bits per heavy atom. The van der Waals surface area contributed by atoms with E-state index in [2.05, 4.69) is 36.2 Å². The van der Waals surface area contributed by atoms with Crippen LogP contribution < -0.4 is 10.0 Å². The van der Waals surface area contributed by atoms with Crippen LogP contribution in [-0.4, -0.2) is 24.7 Å². The molecule has 0 aliphatic rings. The third kappa shape index (κ3) is 3.81. The van der Waals surface area contributed by atoms with E-state index in [4.69, 9.17) is 0 Å². The maximum absolute atomic E-state index is 12.3. The normalized spacial score (nSPS) is 12.0. The van der Waals surface area contributed by atoms with Gasteiger partial charge in [0, 0.05) is 23.7 Å². The molecule has 20 heavy (non-hydrogen) atoms. The van der Waals surface area contributed by atoms with Gasteiger partial charge >= 0.3 is 0 Å². The lowest BCUT2D eigenvalue weighted by Gasteiger charge is -2.05. The number of anilines is 1. The van der Waals surface area contributed by atoms with Crippen LogP contribution >= 0.6 is 27.3 Å². The van der Waals surface area contributed by atoms with E-state index < -0.39 is 10.0 Å². The standard InChI is InChI=1S/C11H15BrN4O2S2/c1-7(2)13-6-9-3-10(11(12)19-9)20(17,18)16-8-4-14-15-5-8/h3-5,7,13,16H,6H2,1-2H3,(H,14,15). The molecule has 0 saturated heterocycles. The number of sulfonamides is 1. The first kappa shape index (κ1) is 15.5. The summed E-state index contributed by atoms with van der Waals surface area (Å²) in [7, 11) is -3.61. The van der Waals surface area contributed by atoms with Gasteiger partial charge in [0.15, 0.2) is 0 Å². The number of hydrogen-bond donors (Lipinski definition) is 3. The molecule has 0 bridgehead atoms. The second-order valence-electron chi connectivity index (χ2n) is 4.48. The van der Waals surface area contributed by atoms with Crippen molar-refractivity contribution in [3.63, 3.8) is 0 Å². The lowest BCUT2D eigenvalue weighted by atomic mass is 10.4. The van der Waals surface area contributed by atoms with Gasteiger partial charge in [-0.1, -0.05) is 13.8 Å². The summed E-state index contributed by atoms with van der Waals surface area (Å²) in [5.41, 5.74) is 0.407. The number of rotatable bonds is 6. The summed E-state index contributed by atoms with van der Waals surface area (Å²) in [6, 6.07) is 2.02. The van der Waals surface area contributed by atoms with Crippen molar-refractivity contribution in [1.82, 2.24) is 15.5 Å². The molecule has 0 spiro atoms. The van der Waals surface area contributed by atoms with Gasteiger partial charge in [-0.15, -0.1) is 11.3 Å². The van der Waals surface area contributed by atoms with E-state index in [9.17, 15) is 8.42 Å². The molecule has 0 radical (unpaired) electrons. The summed E-state index contributed by atoms with van der Waals surface area (Å²) in [6.45, 7) is 4.73. The average Bonchev–Trinajstić information content (AvgIpc) is 2.95. The fourth-order valence-electron chi connectivity index (χ4n) is 1.49. The predicted molar refractivity (Wildman–Crippen MR) is 83.4 cm³/mol. The van der Waals surface area contributed by atoms with Gasteiger partial charge in [-0.2, -0.15) is 5.10 Å². The van der Waals surface area contributed by atoms with E-state index in [1.165, 1.54) is 23.7 Å². The number of thiophene rings is 1. The summed E-state index contributed by atoms with van der Waals surface area (Å²) in [6.07, 6.45) is 2.90. The summed E-state index contributed by atoms with van der Waals surface area (Å²) in [5, 5.41) is 9.52. The van der Waals surface area contributed by atoms with Gasteiger partial charge in [-0.3, -0.25) is 9.82 Å². The maximum Gasteiger partial charge on any atom is 0.263 e. The smallest absolute Gasteiger partial charge is 0.263 e. The number of nitrogens with one attached hydrogen (secondary N) is 3.